The Morgan fingerprint density at radius 3 is 2.91 bits per heavy atom. The van der Waals surface area contributed by atoms with Gasteiger partial charge in [0.15, 0.2) is 0 Å². The Labute approximate surface area is 127 Å². The van der Waals surface area contributed by atoms with Crippen molar-refractivity contribution in [2.45, 2.75) is 25.7 Å². The van der Waals surface area contributed by atoms with E-state index in [2.05, 4.69) is 10.3 Å². The number of aromatic nitrogens is 2. The average molecular weight is 299 g/mol. The van der Waals surface area contributed by atoms with Gasteiger partial charge < -0.3 is 15.0 Å². The zero-order chi connectivity index (χ0) is 15.9. The van der Waals surface area contributed by atoms with Crippen LogP contribution in [-0.4, -0.2) is 20.6 Å². The first-order chi connectivity index (χ1) is 10.5. The number of rotatable bonds is 2. The van der Waals surface area contributed by atoms with E-state index < -0.39 is 11.5 Å². The highest BCUT2D eigenvalue weighted by atomic mass is 16.3. The minimum Gasteiger partial charge on any atom is -0.507 e. The van der Waals surface area contributed by atoms with Crippen molar-refractivity contribution in [1.82, 2.24) is 9.55 Å². The molecular formula is C16H17N3O3. The Hall–Kier alpha value is -2.63. The number of aromatic hydroxyl groups is 1. The molecule has 0 aliphatic heterocycles. The summed E-state index contributed by atoms with van der Waals surface area (Å²) in [7, 11) is 1.64. The van der Waals surface area contributed by atoms with Crippen molar-refractivity contribution in [3.05, 3.63) is 51.6 Å². The van der Waals surface area contributed by atoms with Gasteiger partial charge in [0.25, 0.3) is 11.5 Å². The number of fused-ring (bicyclic) bond motifs is 1. The van der Waals surface area contributed by atoms with Crippen LogP contribution in [0.15, 0.2) is 29.2 Å². The Balaban J connectivity index is 2.08. The molecule has 114 valence electrons. The quantitative estimate of drug-likeness (QED) is 0.885. The lowest BCUT2D eigenvalue weighted by Gasteiger charge is -2.15. The lowest BCUT2D eigenvalue weighted by molar-refractivity contribution is 0.102. The molecule has 0 fully saturated rings. The van der Waals surface area contributed by atoms with Gasteiger partial charge in [0.05, 0.1) is 0 Å². The van der Waals surface area contributed by atoms with E-state index in [-0.39, 0.29) is 17.2 Å². The summed E-state index contributed by atoms with van der Waals surface area (Å²) in [4.78, 5) is 28.8. The fourth-order valence-electron chi connectivity index (χ4n) is 2.98. The number of nitrogens with zero attached hydrogens (tertiary/aromatic N) is 2. The summed E-state index contributed by atoms with van der Waals surface area (Å²) < 4.78 is 1.46. The normalized spacial score (nSPS) is 16.4. The SMILES string of the molecule is C[C@H]1CCc2c1c(O)c(C(=O)Nc1ccccn1)c(=O)n2C. The molecule has 6 nitrogen and oxygen atoms in total. The maximum Gasteiger partial charge on any atom is 0.267 e. The largest absolute Gasteiger partial charge is 0.507 e. The second-order valence-electron chi connectivity index (χ2n) is 5.56. The fraction of sp³-hybridized carbons (Fsp3) is 0.312. The fourth-order valence-corrected chi connectivity index (χ4v) is 2.98. The smallest absolute Gasteiger partial charge is 0.267 e. The van der Waals surface area contributed by atoms with Crippen molar-refractivity contribution >= 4 is 11.7 Å². The second-order valence-corrected chi connectivity index (χ2v) is 5.56. The average Bonchev–Trinajstić information content (AvgIpc) is 2.88. The molecule has 0 radical (unpaired) electrons. The molecule has 1 aliphatic rings. The molecular weight excluding hydrogens is 282 g/mol. The van der Waals surface area contributed by atoms with Crippen molar-refractivity contribution in [3.8, 4) is 5.75 Å². The number of pyridine rings is 2. The number of amides is 1. The molecule has 0 saturated carbocycles. The van der Waals surface area contributed by atoms with Crippen molar-refractivity contribution in [3.63, 3.8) is 0 Å². The molecule has 2 aromatic heterocycles. The Kier molecular flexibility index (Phi) is 3.44. The van der Waals surface area contributed by atoms with Crippen molar-refractivity contribution < 1.29 is 9.90 Å². The van der Waals surface area contributed by atoms with Gasteiger partial charge in [-0.25, -0.2) is 4.98 Å². The molecule has 1 aliphatic carbocycles. The molecule has 2 heterocycles. The van der Waals surface area contributed by atoms with Gasteiger partial charge in [0.2, 0.25) is 0 Å². The van der Waals surface area contributed by atoms with E-state index in [0.717, 1.165) is 18.5 Å². The standard InChI is InChI=1S/C16H17N3O3/c1-9-6-7-10-12(9)14(20)13(16(22)19(10)2)15(21)18-11-5-3-4-8-17-11/h3-5,8-9,20H,6-7H2,1-2H3,(H,17,18,21)/t9-/m0/s1. The van der Waals surface area contributed by atoms with E-state index in [9.17, 15) is 14.7 Å². The summed E-state index contributed by atoms with van der Waals surface area (Å²) in [5.74, 6) is -0.374. The summed E-state index contributed by atoms with van der Waals surface area (Å²) in [6.45, 7) is 1.98. The van der Waals surface area contributed by atoms with E-state index >= 15 is 0 Å². The lowest BCUT2D eigenvalue weighted by Crippen LogP contribution is -2.30. The van der Waals surface area contributed by atoms with Gasteiger partial charge in [0.1, 0.15) is 17.1 Å². The summed E-state index contributed by atoms with van der Waals surface area (Å²) in [5, 5.41) is 13.0. The predicted octanol–water partition coefficient (Wildman–Crippen LogP) is 1.79. The van der Waals surface area contributed by atoms with Gasteiger partial charge in [-0.1, -0.05) is 13.0 Å². The molecule has 1 amide bonds. The number of nitrogens with one attached hydrogen (secondary N) is 1. The van der Waals surface area contributed by atoms with Gasteiger partial charge in [-0.05, 0) is 30.9 Å². The summed E-state index contributed by atoms with van der Waals surface area (Å²) in [6.07, 6.45) is 3.14. The minimum atomic E-state index is -0.640. The highest BCUT2D eigenvalue weighted by Gasteiger charge is 2.30. The first kappa shape index (κ1) is 14.3. The highest BCUT2D eigenvalue weighted by Crippen LogP contribution is 2.39. The van der Waals surface area contributed by atoms with Crippen molar-refractivity contribution in [2.24, 2.45) is 7.05 Å². The third kappa shape index (κ3) is 2.16. The summed E-state index contributed by atoms with van der Waals surface area (Å²) in [6, 6.07) is 5.07. The van der Waals surface area contributed by atoms with Crippen LogP contribution in [0.2, 0.25) is 0 Å². The molecule has 3 rings (SSSR count). The van der Waals surface area contributed by atoms with Crippen LogP contribution in [0, 0.1) is 0 Å². The van der Waals surface area contributed by atoms with E-state index in [1.807, 2.05) is 6.92 Å². The van der Waals surface area contributed by atoms with Crippen LogP contribution in [0.25, 0.3) is 0 Å². The third-order valence-electron chi connectivity index (χ3n) is 4.17. The first-order valence-electron chi connectivity index (χ1n) is 7.17. The molecule has 0 aromatic carbocycles. The third-order valence-corrected chi connectivity index (χ3v) is 4.17. The molecule has 2 aromatic rings. The number of carbonyl (C=O) groups is 1. The van der Waals surface area contributed by atoms with Gasteiger partial charge in [-0.3, -0.25) is 9.59 Å². The first-order valence-corrected chi connectivity index (χ1v) is 7.17. The van der Waals surface area contributed by atoms with Crippen LogP contribution in [0.5, 0.6) is 5.75 Å². The van der Waals surface area contributed by atoms with Gasteiger partial charge >= 0.3 is 0 Å². The van der Waals surface area contributed by atoms with E-state index in [1.165, 1.54) is 4.57 Å². The van der Waals surface area contributed by atoms with Crippen LogP contribution in [0.1, 0.15) is 40.9 Å². The van der Waals surface area contributed by atoms with Crippen LogP contribution in [0.3, 0.4) is 0 Å². The Morgan fingerprint density at radius 2 is 2.23 bits per heavy atom. The van der Waals surface area contributed by atoms with Crippen LogP contribution in [-0.2, 0) is 13.5 Å². The van der Waals surface area contributed by atoms with Crippen molar-refractivity contribution in [2.75, 3.05) is 5.32 Å². The lowest BCUT2D eigenvalue weighted by atomic mass is 10.0. The number of hydrogen-bond donors (Lipinski definition) is 2. The molecule has 22 heavy (non-hydrogen) atoms. The maximum absolute atomic E-state index is 12.4. The zero-order valence-corrected chi connectivity index (χ0v) is 12.5. The molecule has 0 bridgehead atoms. The molecule has 0 spiro atoms. The van der Waals surface area contributed by atoms with E-state index in [0.29, 0.717) is 11.4 Å². The summed E-state index contributed by atoms with van der Waals surface area (Å²) >= 11 is 0. The zero-order valence-electron chi connectivity index (χ0n) is 12.5. The molecule has 6 heteroatoms. The number of hydrogen-bond acceptors (Lipinski definition) is 4. The Bertz CT molecular complexity index is 797. The van der Waals surface area contributed by atoms with Gasteiger partial charge in [-0.2, -0.15) is 0 Å². The number of carbonyl (C=O) groups excluding carboxylic acids is 1. The second kappa shape index (κ2) is 5.29. The topological polar surface area (TPSA) is 84.2 Å². The van der Waals surface area contributed by atoms with Crippen LogP contribution < -0.4 is 10.9 Å². The van der Waals surface area contributed by atoms with Crippen LogP contribution >= 0.6 is 0 Å². The monoisotopic (exact) mass is 299 g/mol. The summed E-state index contributed by atoms with van der Waals surface area (Å²) in [5.41, 5.74) is 0.803. The molecule has 1 atom stereocenters. The van der Waals surface area contributed by atoms with E-state index in [4.69, 9.17) is 0 Å². The predicted molar refractivity (Wildman–Crippen MR) is 82.3 cm³/mol. The molecule has 2 N–H and O–H groups in total. The maximum atomic E-state index is 12.4. The Morgan fingerprint density at radius 1 is 1.45 bits per heavy atom. The van der Waals surface area contributed by atoms with E-state index in [1.54, 1.807) is 31.4 Å². The highest BCUT2D eigenvalue weighted by molar-refractivity contribution is 6.05. The molecule has 0 unspecified atom stereocenters. The van der Waals surface area contributed by atoms with Crippen molar-refractivity contribution in [1.29, 1.82) is 0 Å². The van der Waals surface area contributed by atoms with Crippen LogP contribution in [0.4, 0.5) is 5.82 Å². The van der Waals surface area contributed by atoms with Gasteiger partial charge in [-0.15, -0.1) is 0 Å². The minimum absolute atomic E-state index is 0.128. The molecule has 0 saturated heterocycles. The van der Waals surface area contributed by atoms with Gasteiger partial charge in [0, 0.05) is 24.5 Å². The number of anilines is 1.